The number of benzene rings is 1. The summed E-state index contributed by atoms with van der Waals surface area (Å²) < 4.78 is 61.4. The molecule has 1 aromatic carbocycles. The van der Waals surface area contributed by atoms with E-state index in [1.807, 2.05) is 0 Å². The Morgan fingerprint density at radius 2 is 1.85 bits per heavy atom. The maximum Gasteiger partial charge on any atom is 0.416 e. The number of hydrogen-bond donors (Lipinski definition) is 2. The molecule has 3 heterocycles. The molecule has 0 radical (unpaired) electrons. The molecule has 40 heavy (non-hydrogen) atoms. The van der Waals surface area contributed by atoms with E-state index >= 15 is 0 Å². The van der Waals surface area contributed by atoms with Gasteiger partial charge in [0, 0.05) is 11.6 Å². The predicted octanol–water partition coefficient (Wildman–Crippen LogP) is 6.37. The molecule has 0 saturated heterocycles. The number of nitrogens with one attached hydrogen (secondary N) is 1. The van der Waals surface area contributed by atoms with E-state index in [9.17, 15) is 18.0 Å². The van der Waals surface area contributed by atoms with Gasteiger partial charge in [-0.15, -0.1) is 0 Å². The standard InChI is InChI=1S/C27H29F3N4O5S/c1-26(2,39-40)38-15-4-3-14-37-23-10-6-9-22(32-23)33-25(35)34-13-16-36-21-12-11-20(31-24(21)34)18-7-5-8-19(17-18)27(28,29)30/h5-12,17,40H,3-4,13-16H2,1-2H3,(H,32,33,35). The highest BCUT2D eigenvalue weighted by atomic mass is 32.1. The lowest BCUT2D eigenvalue weighted by molar-refractivity contribution is -0.146. The number of ether oxygens (including phenoxy) is 3. The van der Waals surface area contributed by atoms with Crippen molar-refractivity contribution in [2.45, 2.75) is 38.7 Å². The average molecular weight is 579 g/mol. The van der Waals surface area contributed by atoms with Gasteiger partial charge in [0.25, 0.3) is 0 Å². The van der Waals surface area contributed by atoms with Crippen LogP contribution in [0.25, 0.3) is 11.3 Å². The third kappa shape index (κ3) is 7.77. The fourth-order valence-corrected chi connectivity index (χ4v) is 3.83. The van der Waals surface area contributed by atoms with Gasteiger partial charge in [-0.25, -0.2) is 9.78 Å². The van der Waals surface area contributed by atoms with Gasteiger partial charge in [-0.1, -0.05) is 18.2 Å². The van der Waals surface area contributed by atoms with E-state index in [1.54, 1.807) is 44.2 Å². The van der Waals surface area contributed by atoms with Gasteiger partial charge in [-0.05, 0) is 69.9 Å². The molecular formula is C27H29F3N4O5S. The number of rotatable bonds is 10. The number of carbonyl (C=O) groups excluding carboxylic acids is 1. The molecule has 0 aliphatic carbocycles. The Balaban J connectivity index is 1.39. The highest BCUT2D eigenvalue weighted by Gasteiger charge is 2.31. The Hall–Kier alpha value is -3.55. The maximum absolute atomic E-state index is 13.2. The first-order chi connectivity index (χ1) is 19.1. The van der Waals surface area contributed by atoms with Gasteiger partial charge in [0.15, 0.2) is 17.4 Å². The molecule has 0 bridgehead atoms. The molecule has 1 N–H and O–H groups in total. The number of thiol groups is 1. The van der Waals surface area contributed by atoms with Crippen LogP contribution in [-0.2, 0) is 15.1 Å². The minimum Gasteiger partial charge on any atom is -0.488 e. The molecule has 0 atom stereocenters. The highest BCUT2D eigenvalue weighted by Crippen LogP contribution is 2.35. The van der Waals surface area contributed by atoms with Crippen molar-refractivity contribution in [3.05, 3.63) is 60.2 Å². The van der Waals surface area contributed by atoms with Gasteiger partial charge < -0.3 is 14.2 Å². The largest absolute Gasteiger partial charge is 0.488 e. The number of pyridine rings is 2. The number of alkyl halides is 3. The molecule has 0 spiro atoms. The number of aromatic nitrogens is 2. The SMILES string of the molecule is CC(C)(OS)OCCCCOc1cccc(NC(=O)N2CCOc3ccc(-c4cccc(C(F)(F)F)c4)nc32)n1. The van der Waals surface area contributed by atoms with Crippen molar-refractivity contribution in [3.8, 4) is 22.9 Å². The molecule has 9 nitrogen and oxygen atoms in total. The van der Waals surface area contributed by atoms with E-state index in [0.29, 0.717) is 31.3 Å². The van der Waals surface area contributed by atoms with Crippen molar-refractivity contribution in [1.29, 1.82) is 0 Å². The van der Waals surface area contributed by atoms with Crippen LogP contribution in [0.2, 0.25) is 0 Å². The fourth-order valence-electron chi connectivity index (χ4n) is 3.77. The van der Waals surface area contributed by atoms with Crippen molar-refractivity contribution < 1.29 is 36.4 Å². The summed E-state index contributed by atoms with van der Waals surface area (Å²) in [4.78, 5) is 23.3. The third-order valence-corrected chi connectivity index (χ3v) is 6.25. The third-order valence-electron chi connectivity index (χ3n) is 5.81. The lowest BCUT2D eigenvalue weighted by Gasteiger charge is -2.28. The first kappa shape index (κ1) is 29.4. The Labute approximate surface area is 235 Å². The molecule has 13 heteroatoms. The van der Waals surface area contributed by atoms with E-state index in [0.717, 1.165) is 18.6 Å². The molecule has 0 fully saturated rings. The quantitative estimate of drug-likeness (QED) is 0.125. The predicted molar refractivity (Wildman–Crippen MR) is 146 cm³/mol. The van der Waals surface area contributed by atoms with Crippen LogP contribution in [-0.4, -0.2) is 48.2 Å². The minimum atomic E-state index is -4.49. The molecule has 214 valence electrons. The van der Waals surface area contributed by atoms with E-state index in [2.05, 4.69) is 28.2 Å². The number of urea groups is 1. The molecular weight excluding hydrogens is 549 g/mol. The lowest BCUT2D eigenvalue weighted by Crippen LogP contribution is -2.41. The molecule has 0 unspecified atom stereocenters. The van der Waals surface area contributed by atoms with Gasteiger partial charge in [0.05, 0.1) is 31.0 Å². The number of halogens is 3. The second-order valence-electron chi connectivity index (χ2n) is 9.28. The first-order valence-electron chi connectivity index (χ1n) is 12.5. The molecule has 2 aromatic heterocycles. The first-order valence-corrected chi connectivity index (χ1v) is 12.9. The van der Waals surface area contributed by atoms with Gasteiger partial charge in [-0.2, -0.15) is 18.2 Å². The van der Waals surface area contributed by atoms with Crippen molar-refractivity contribution in [2.24, 2.45) is 0 Å². The summed E-state index contributed by atoms with van der Waals surface area (Å²) in [6.07, 6.45) is -3.04. The van der Waals surface area contributed by atoms with Crippen LogP contribution in [0, 0.1) is 0 Å². The molecule has 4 rings (SSSR count). The summed E-state index contributed by atoms with van der Waals surface area (Å²) in [5.74, 6) is 0.370. The van der Waals surface area contributed by atoms with E-state index in [-0.39, 0.29) is 36.0 Å². The highest BCUT2D eigenvalue weighted by molar-refractivity contribution is 7.75. The van der Waals surface area contributed by atoms with E-state index in [1.165, 1.54) is 17.0 Å². The monoisotopic (exact) mass is 578 g/mol. The number of hydrogen-bond acceptors (Lipinski definition) is 8. The Morgan fingerprint density at radius 3 is 2.62 bits per heavy atom. The number of unbranched alkanes of at least 4 members (excludes halogenated alkanes) is 1. The van der Waals surface area contributed by atoms with Crippen LogP contribution in [0.3, 0.4) is 0 Å². The maximum atomic E-state index is 13.2. The van der Waals surface area contributed by atoms with Gasteiger partial charge in [0.1, 0.15) is 12.4 Å². The molecule has 1 aliphatic rings. The van der Waals surface area contributed by atoms with E-state index < -0.39 is 23.6 Å². The topological polar surface area (TPSA) is 95.0 Å². The van der Waals surface area contributed by atoms with Crippen LogP contribution < -0.4 is 19.7 Å². The number of anilines is 2. The molecule has 0 saturated carbocycles. The van der Waals surface area contributed by atoms with Crippen LogP contribution in [0.15, 0.2) is 54.6 Å². The smallest absolute Gasteiger partial charge is 0.416 e. The lowest BCUT2D eigenvalue weighted by atomic mass is 10.1. The van der Waals surface area contributed by atoms with Gasteiger partial charge in [-0.3, -0.25) is 14.4 Å². The van der Waals surface area contributed by atoms with Crippen molar-refractivity contribution >= 4 is 30.6 Å². The van der Waals surface area contributed by atoms with Crippen molar-refractivity contribution in [2.75, 3.05) is 36.6 Å². The molecule has 3 aromatic rings. The zero-order chi connectivity index (χ0) is 28.8. The van der Waals surface area contributed by atoms with Crippen molar-refractivity contribution in [3.63, 3.8) is 0 Å². The molecule has 1 aliphatic heterocycles. The van der Waals surface area contributed by atoms with Crippen LogP contribution in [0.5, 0.6) is 11.6 Å². The zero-order valence-corrected chi connectivity index (χ0v) is 22.8. The Morgan fingerprint density at radius 1 is 1.07 bits per heavy atom. The van der Waals surface area contributed by atoms with E-state index in [4.69, 9.17) is 18.4 Å². The Bertz CT molecular complexity index is 1330. The summed E-state index contributed by atoms with van der Waals surface area (Å²) in [7, 11) is 0. The summed E-state index contributed by atoms with van der Waals surface area (Å²) in [5, 5.41) is 2.73. The van der Waals surface area contributed by atoms with Crippen LogP contribution in [0.4, 0.5) is 29.6 Å². The summed E-state index contributed by atoms with van der Waals surface area (Å²) in [6, 6.07) is 12.5. The van der Waals surface area contributed by atoms with Crippen molar-refractivity contribution in [1.82, 2.24) is 9.97 Å². The zero-order valence-electron chi connectivity index (χ0n) is 21.9. The average Bonchev–Trinajstić information content (AvgIpc) is 2.94. The molecule has 2 amide bonds. The summed E-state index contributed by atoms with van der Waals surface area (Å²) in [5.41, 5.74) is -0.252. The number of amides is 2. The van der Waals surface area contributed by atoms with Gasteiger partial charge in [0.2, 0.25) is 5.88 Å². The number of carbonyl (C=O) groups is 1. The Kier molecular flexibility index (Phi) is 9.38. The summed E-state index contributed by atoms with van der Waals surface area (Å²) >= 11 is 3.77. The fraction of sp³-hybridized carbons (Fsp3) is 0.370. The second-order valence-corrected chi connectivity index (χ2v) is 9.47. The minimum absolute atomic E-state index is 0.186. The van der Waals surface area contributed by atoms with Gasteiger partial charge >= 0.3 is 12.2 Å². The van der Waals surface area contributed by atoms with Crippen LogP contribution in [0.1, 0.15) is 32.3 Å². The summed E-state index contributed by atoms with van der Waals surface area (Å²) in [6.45, 7) is 4.82. The normalized spacial score (nSPS) is 13.4. The second kappa shape index (κ2) is 12.7. The number of fused-ring (bicyclic) bond motifs is 1. The van der Waals surface area contributed by atoms with Crippen LogP contribution >= 0.6 is 12.9 Å². The number of nitrogens with zero attached hydrogens (tertiary/aromatic N) is 3.